The largest absolute Gasteiger partial charge is 0.391 e. The third kappa shape index (κ3) is 8.54. The van der Waals surface area contributed by atoms with Crippen LogP contribution in [-0.2, 0) is 6.42 Å². The molecule has 0 aliphatic heterocycles. The Morgan fingerprint density at radius 1 is 1.00 bits per heavy atom. The summed E-state index contributed by atoms with van der Waals surface area (Å²) < 4.78 is 0. The van der Waals surface area contributed by atoms with Crippen LogP contribution < -0.4 is 10.6 Å². The number of hydrogen-bond acceptors (Lipinski definition) is 4. The summed E-state index contributed by atoms with van der Waals surface area (Å²) in [6.45, 7) is 10.3. The molecule has 33 heavy (non-hydrogen) atoms. The van der Waals surface area contributed by atoms with E-state index in [9.17, 15) is 14.7 Å². The molecule has 0 spiro atoms. The molecule has 2 rings (SSSR count). The van der Waals surface area contributed by atoms with E-state index < -0.39 is 6.10 Å². The molecule has 0 aromatic heterocycles. The molecule has 2 aromatic carbocycles. The quantitative estimate of drug-likeness (QED) is 0.420. The fourth-order valence-electron chi connectivity index (χ4n) is 3.77. The van der Waals surface area contributed by atoms with Gasteiger partial charge in [0.05, 0.1) is 6.10 Å². The van der Waals surface area contributed by atoms with Crippen molar-refractivity contribution in [3.05, 3.63) is 64.7 Å². The van der Waals surface area contributed by atoms with Gasteiger partial charge in [0.1, 0.15) is 0 Å². The lowest BCUT2D eigenvalue weighted by Gasteiger charge is -2.22. The minimum absolute atomic E-state index is 0.0466. The molecular weight excluding hydrogens is 414 g/mol. The van der Waals surface area contributed by atoms with Gasteiger partial charge in [-0.05, 0) is 74.1 Å². The van der Waals surface area contributed by atoms with E-state index in [1.54, 1.807) is 12.1 Å². The molecule has 2 aromatic rings. The summed E-state index contributed by atoms with van der Waals surface area (Å²) in [5.41, 5.74) is 4.12. The average Bonchev–Trinajstić information content (AvgIpc) is 2.81. The molecule has 2 amide bonds. The van der Waals surface area contributed by atoms with Crippen LogP contribution in [0.5, 0.6) is 0 Å². The van der Waals surface area contributed by atoms with Crippen LogP contribution >= 0.6 is 0 Å². The highest BCUT2D eigenvalue weighted by molar-refractivity contribution is 6.00. The molecule has 0 bridgehead atoms. The summed E-state index contributed by atoms with van der Waals surface area (Å²) in [7, 11) is 0. The third-order valence-corrected chi connectivity index (χ3v) is 5.50. The van der Waals surface area contributed by atoms with Crippen LogP contribution in [0.3, 0.4) is 0 Å². The van der Waals surface area contributed by atoms with Crippen LogP contribution in [0.15, 0.2) is 42.5 Å². The number of nitrogens with zero attached hydrogens (tertiary/aromatic N) is 1. The van der Waals surface area contributed by atoms with Crippen molar-refractivity contribution in [2.24, 2.45) is 0 Å². The SMILES string of the molecule is CCCN(CCC)C(=O)c1cc(C)cc(C(=O)NCC(O)CCNc2cccc(CC)c2)c1. The predicted octanol–water partition coefficient (Wildman–Crippen LogP) is 4.41. The molecular formula is C27H39N3O3. The van der Waals surface area contributed by atoms with E-state index in [0.29, 0.717) is 37.2 Å². The van der Waals surface area contributed by atoms with E-state index in [1.165, 1.54) is 5.56 Å². The highest BCUT2D eigenvalue weighted by atomic mass is 16.3. The van der Waals surface area contributed by atoms with Gasteiger partial charge in [0.15, 0.2) is 0 Å². The zero-order chi connectivity index (χ0) is 24.2. The number of benzene rings is 2. The van der Waals surface area contributed by atoms with E-state index in [4.69, 9.17) is 0 Å². The van der Waals surface area contributed by atoms with Gasteiger partial charge in [-0.2, -0.15) is 0 Å². The van der Waals surface area contributed by atoms with Crippen LogP contribution in [0.25, 0.3) is 0 Å². The van der Waals surface area contributed by atoms with Crippen LogP contribution in [0.4, 0.5) is 5.69 Å². The summed E-state index contributed by atoms with van der Waals surface area (Å²) in [4.78, 5) is 27.5. The molecule has 0 radical (unpaired) electrons. The first-order valence-corrected chi connectivity index (χ1v) is 12.1. The van der Waals surface area contributed by atoms with Crippen molar-refractivity contribution in [1.29, 1.82) is 0 Å². The van der Waals surface area contributed by atoms with Crippen LogP contribution in [0, 0.1) is 6.92 Å². The van der Waals surface area contributed by atoms with Crippen molar-refractivity contribution >= 4 is 17.5 Å². The molecule has 0 aliphatic carbocycles. The Bertz CT molecular complexity index is 907. The first-order valence-electron chi connectivity index (χ1n) is 12.1. The van der Waals surface area contributed by atoms with Crippen LogP contribution in [0.2, 0.25) is 0 Å². The monoisotopic (exact) mass is 453 g/mol. The van der Waals surface area contributed by atoms with Crippen molar-refractivity contribution < 1.29 is 14.7 Å². The second-order valence-corrected chi connectivity index (χ2v) is 8.51. The van der Waals surface area contributed by atoms with Crippen LogP contribution in [0.1, 0.15) is 71.9 Å². The molecule has 1 atom stereocenters. The maximum Gasteiger partial charge on any atom is 0.253 e. The molecule has 180 valence electrons. The van der Waals surface area contributed by atoms with Crippen molar-refractivity contribution in [3.63, 3.8) is 0 Å². The topological polar surface area (TPSA) is 81.7 Å². The van der Waals surface area contributed by atoms with Gasteiger partial charge in [-0.3, -0.25) is 9.59 Å². The predicted molar refractivity (Wildman–Crippen MR) is 135 cm³/mol. The summed E-state index contributed by atoms with van der Waals surface area (Å²) in [6.07, 6.45) is 2.61. The number of aryl methyl sites for hydroxylation is 2. The minimum Gasteiger partial charge on any atom is -0.391 e. The second-order valence-electron chi connectivity index (χ2n) is 8.51. The van der Waals surface area contributed by atoms with E-state index >= 15 is 0 Å². The highest BCUT2D eigenvalue weighted by Gasteiger charge is 2.17. The zero-order valence-corrected chi connectivity index (χ0v) is 20.5. The number of carbonyl (C=O) groups excluding carboxylic acids is 2. The Morgan fingerprint density at radius 2 is 1.70 bits per heavy atom. The van der Waals surface area contributed by atoms with Gasteiger partial charge < -0.3 is 20.6 Å². The molecule has 6 heteroatoms. The lowest BCUT2D eigenvalue weighted by Crippen LogP contribution is -2.34. The molecule has 1 unspecified atom stereocenters. The maximum absolute atomic E-state index is 12.9. The van der Waals surface area contributed by atoms with Crippen LogP contribution in [-0.4, -0.2) is 54.1 Å². The second kappa shape index (κ2) is 13.6. The number of rotatable bonds is 13. The molecule has 0 aliphatic rings. The Hall–Kier alpha value is -2.86. The molecule has 0 saturated carbocycles. The Kier molecular flexibility index (Phi) is 10.9. The van der Waals surface area contributed by atoms with Gasteiger partial charge in [0, 0.05) is 43.0 Å². The fraction of sp³-hybridized carbons (Fsp3) is 0.481. The molecule has 6 nitrogen and oxygen atoms in total. The normalized spacial score (nSPS) is 11.7. The first-order chi connectivity index (χ1) is 15.9. The highest BCUT2D eigenvalue weighted by Crippen LogP contribution is 2.14. The number of aliphatic hydroxyl groups is 1. The lowest BCUT2D eigenvalue weighted by atomic mass is 10.0. The van der Waals surface area contributed by atoms with Gasteiger partial charge in [-0.15, -0.1) is 0 Å². The van der Waals surface area contributed by atoms with E-state index in [1.807, 2.05) is 43.9 Å². The van der Waals surface area contributed by atoms with Gasteiger partial charge in [0.25, 0.3) is 11.8 Å². The number of anilines is 1. The van der Waals surface area contributed by atoms with E-state index in [0.717, 1.165) is 30.5 Å². The summed E-state index contributed by atoms with van der Waals surface area (Å²) in [6, 6.07) is 13.5. The lowest BCUT2D eigenvalue weighted by molar-refractivity contribution is 0.0755. The number of carbonyl (C=O) groups is 2. The van der Waals surface area contributed by atoms with Crippen molar-refractivity contribution in [1.82, 2.24) is 10.2 Å². The Morgan fingerprint density at radius 3 is 2.36 bits per heavy atom. The molecule has 0 fully saturated rings. The van der Waals surface area contributed by atoms with Gasteiger partial charge in [-0.1, -0.05) is 32.9 Å². The first kappa shape index (κ1) is 26.4. The Labute approximate surface area is 198 Å². The number of aliphatic hydroxyl groups excluding tert-OH is 1. The molecule has 0 heterocycles. The number of amides is 2. The zero-order valence-electron chi connectivity index (χ0n) is 20.5. The number of nitrogens with one attached hydrogen (secondary N) is 2. The van der Waals surface area contributed by atoms with Gasteiger partial charge in [0.2, 0.25) is 0 Å². The standard InChI is InChI=1S/C27H39N3O3/c1-5-13-30(14-6-2)27(33)23-16-20(4)15-22(18-23)26(32)29-19-25(31)11-12-28-24-10-8-9-21(7-3)17-24/h8-10,15-18,25,28,31H,5-7,11-14,19H2,1-4H3,(H,29,32). The summed E-state index contributed by atoms with van der Waals surface area (Å²) in [5.74, 6) is -0.331. The average molecular weight is 454 g/mol. The van der Waals surface area contributed by atoms with Gasteiger partial charge in [-0.25, -0.2) is 0 Å². The Balaban J connectivity index is 1.90. The maximum atomic E-state index is 12.9. The fourth-order valence-corrected chi connectivity index (χ4v) is 3.77. The van der Waals surface area contributed by atoms with Gasteiger partial charge >= 0.3 is 0 Å². The summed E-state index contributed by atoms with van der Waals surface area (Å²) in [5, 5.41) is 16.4. The summed E-state index contributed by atoms with van der Waals surface area (Å²) >= 11 is 0. The van der Waals surface area contributed by atoms with Crippen molar-refractivity contribution in [3.8, 4) is 0 Å². The van der Waals surface area contributed by atoms with Crippen molar-refractivity contribution in [2.45, 2.75) is 59.5 Å². The smallest absolute Gasteiger partial charge is 0.253 e. The number of hydrogen-bond donors (Lipinski definition) is 3. The third-order valence-electron chi connectivity index (χ3n) is 5.50. The van der Waals surface area contributed by atoms with E-state index in [2.05, 4.69) is 29.7 Å². The van der Waals surface area contributed by atoms with Crippen molar-refractivity contribution in [2.75, 3.05) is 31.5 Å². The van der Waals surface area contributed by atoms with E-state index in [-0.39, 0.29) is 18.4 Å². The minimum atomic E-state index is -0.661. The molecule has 3 N–H and O–H groups in total. The molecule has 0 saturated heterocycles.